The summed E-state index contributed by atoms with van der Waals surface area (Å²) in [6.45, 7) is 0. The van der Waals surface area contributed by atoms with Crippen LogP contribution in [0.1, 0.15) is 0 Å². The fourth-order valence-electron chi connectivity index (χ4n) is 1.65. The Morgan fingerprint density at radius 3 is 1.12 bits per heavy atom. The van der Waals surface area contributed by atoms with Crippen molar-refractivity contribution in [1.82, 2.24) is 0 Å². The molecule has 9 heteroatoms. The Labute approximate surface area is 93.2 Å². The molecule has 0 aromatic heterocycles. The van der Waals surface area contributed by atoms with E-state index in [0.29, 0.717) is 0 Å². The van der Waals surface area contributed by atoms with E-state index in [-0.39, 0.29) is 0 Å². The number of aliphatic carboxylic acids is 4. The highest BCUT2D eigenvalue weighted by Crippen LogP contribution is 2.32. The standard InChI is InChI=1S/C8H8O9/c9-5(10)1-2(6(11)12)4(8(15)16)17-3(1)7(13)14/h1-4H,(H,9,10)(H,11,12)(H,13,14)(H,15,16)/p-4/t1-,2+,3-,4+. The van der Waals surface area contributed by atoms with Gasteiger partial charge in [0.05, 0.1) is 11.9 Å². The third-order valence-corrected chi connectivity index (χ3v) is 2.34. The molecule has 0 amide bonds. The Balaban J connectivity index is 3.17. The Morgan fingerprint density at radius 2 is 0.941 bits per heavy atom. The molecule has 94 valence electrons. The van der Waals surface area contributed by atoms with Gasteiger partial charge in [-0.15, -0.1) is 0 Å². The lowest BCUT2D eigenvalue weighted by Crippen LogP contribution is -2.52. The molecule has 0 radical (unpaired) electrons. The molecule has 0 unspecified atom stereocenters. The number of carbonyl (C=O) groups is 4. The lowest BCUT2D eigenvalue weighted by atomic mass is 9.87. The van der Waals surface area contributed by atoms with E-state index in [0.717, 1.165) is 0 Å². The van der Waals surface area contributed by atoms with Crippen molar-refractivity contribution in [1.29, 1.82) is 0 Å². The molecule has 0 spiro atoms. The van der Waals surface area contributed by atoms with Crippen LogP contribution in [0.15, 0.2) is 0 Å². The fourth-order valence-corrected chi connectivity index (χ4v) is 1.65. The summed E-state index contributed by atoms with van der Waals surface area (Å²) in [4.78, 5) is 42.2. The quantitative estimate of drug-likeness (QED) is 0.465. The van der Waals surface area contributed by atoms with Gasteiger partial charge in [0, 0.05) is 23.8 Å². The summed E-state index contributed by atoms with van der Waals surface area (Å²) in [5.41, 5.74) is 0. The fraction of sp³-hybridized carbons (Fsp3) is 0.500. The maximum atomic E-state index is 10.6. The summed E-state index contributed by atoms with van der Waals surface area (Å²) in [7, 11) is 0. The number of hydrogen-bond acceptors (Lipinski definition) is 9. The van der Waals surface area contributed by atoms with Crippen molar-refractivity contribution in [2.24, 2.45) is 11.8 Å². The molecule has 1 fully saturated rings. The summed E-state index contributed by atoms with van der Waals surface area (Å²) in [5.74, 6) is -12.7. The van der Waals surface area contributed by atoms with Gasteiger partial charge in [-0.1, -0.05) is 0 Å². The molecule has 0 aliphatic carbocycles. The van der Waals surface area contributed by atoms with Gasteiger partial charge in [-0.25, -0.2) is 0 Å². The zero-order valence-corrected chi connectivity index (χ0v) is 7.98. The van der Waals surface area contributed by atoms with Gasteiger partial charge in [0.25, 0.3) is 0 Å². The number of carbonyl (C=O) groups excluding carboxylic acids is 4. The van der Waals surface area contributed by atoms with E-state index in [2.05, 4.69) is 4.74 Å². The van der Waals surface area contributed by atoms with Crippen LogP contribution in [-0.2, 0) is 23.9 Å². The number of ether oxygens (including phenoxy) is 1. The Hall–Kier alpha value is -2.16. The maximum Gasteiger partial charge on any atom is 0.106 e. The first-order chi connectivity index (χ1) is 7.77. The lowest BCUT2D eigenvalue weighted by molar-refractivity contribution is -0.332. The van der Waals surface area contributed by atoms with Crippen LogP contribution in [0.4, 0.5) is 0 Å². The van der Waals surface area contributed by atoms with Crippen molar-refractivity contribution in [2.45, 2.75) is 12.2 Å². The second kappa shape index (κ2) is 4.37. The van der Waals surface area contributed by atoms with Crippen LogP contribution in [0, 0.1) is 11.8 Å². The predicted molar refractivity (Wildman–Crippen MR) is 35.7 cm³/mol. The number of carboxylic acid groups (broad SMARTS) is 4. The minimum Gasteiger partial charge on any atom is -0.550 e. The van der Waals surface area contributed by atoms with Crippen LogP contribution in [0.2, 0.25) is 0 Å². The van der Waals surface area contributed by atoms with E-state index in [1.807, 2.05) is 0 Å². The molecule has 1 heterocycles. The van der Waals surface area contributed by atoms with Gasteiger partial charge >= 0.3 is 0 Å². The molecule has 0 N–H and O–H groups in total. The van der Waals surface area contributed by atoms with E-state index in [1.54, 1.807) is 0 Å². The summed E-state index contributed by atoms with van der Waals surface area (Å²) in [6.07, 6.45) is -4.49. The zero-order valence-electron chi connectivity index (χ0n) is 7.98. The molecule has 1 rings (SSSR count). The molecule has 1 aliphatic heterocycles. The van der Waals surface area contributed by atoms with Crippen LogP contribution < -0.4 is 20.4 Å². The monoisotopic (exact) mass is 244 g/mol. The zero-order chi connectivity index (χ0) is 13.3. The molecule has 0 saturated carbocycles. The van der Waals surface area contributed by atoms with Gasteiger partial charge in [-0.3, -0.25) is 0 Å². The summed E-state index contributed by atoms with van der Waals surface area (Å²) in [5, 5.41) is 42.2. The molecule has 1 saturated heterocycles. The Bertz CT molecular complexity index is 350. The van der Waals surface area contributed by atoms with Crippen molar-refractivity contribution in [2.75, 3.05) is 0 Å². The SMILES string of the molecule is O=C([O-])[C@@H]1[C@H](C(=O)[O-])[C@@H](C(=O)[O-])O[C@H]1C(=O)[O-]. The minimum atomic E-state index is -2.24. The third kappa shape index (κ3) is 2.18. The molecule has 0 bridgehead atoms. The summed E-state index contributed by atoms with van der Waals surface area (Å²) < 4.78 is 4.27. The van der Waals surface area contributed by atoms with Gasteiger partial charge < -0.3 is 44.3 Å². The van der Waals surface area contributed by atoms with E-state index in [9.17, 15) is 39.6 Å². The topological polar surface area (TPSA) is 170 Å². The van der Waals surface area contributed by atoms with Gasteiger partial charge in [0.2, 0.25) is 0 Å². The Kier molecular flexibility index (Phi) is 3.32. The molecule has 0 aromatic rings. The largest absolute Gasteiger partial charge is 0.550 e. The van der Waals surface area contributed by atoms with E-state index in [4.69, 9.17) is 0 Å². The highest BCUT2D eigenvalue weighted by Gasteiger charge is 2.47. The number of hydrogen-bond donors (Lipinski definition) is 0. The van der Waals surface area contributed by atoms with E-state index in [1.165, 1.54) is 0 Å². The summed E-state index contributed by atoms with van der Waals surface area (Å²) in [6, 6.07) is 0. The second-order valence-electron chi connectivity index (χ2n) is 3.30. The first-order valence-corrected chi connectivity index (χ1v) is 4.26. The van der Waals surface area contributed by atoms with Crippen molar-refractivity contribution in [3.63, 3.8) is 0 Å². The van der Waals surface area contributed by atoms with Crippen LogP contribution in [0.3, 0.4) is 0 Å². The van der Waals surface area contributed by atoms with Gasteiger partial charge in [-0.05, 0) is 0 Å². The highest BCUT2D eigenvalue weighted by atomic mass is 16.6. The van der Waals surface area contributed by atoms with Crippen LogP contribution in [0.5, 0.6) is 0 Å². The molecular formula is C8H4O9-4. The van der Waals surface area contributed by atoms with Crippen LogP contribution in [0.25, 0.3) is 0 Å². The van der Waals surface area contributed by atoms with E-state index >= 15 is 0 Å². The normalized spacial score (nSPS) is 32.0. The van der Waals surface area contributed by atoms with Gasteiger partial charge in [-0.2, -0.15) is 0 Å². The molecule has 1 aliphatic rings. The predicted octanol–water partition coefficient (Wildman–Crippen LogP) is -7.01. The maximum absolute atomic E-state index is 10.6. The van der Waals surface area contributed by atoms with E-state index < -0.39 is 47.9 Å². The average Bonchev–Trinajstić information content (AvgIpc) is 2.56. The van der Waals surface area contributed by atoms with Crippen molar-refractivity contribution >= 4 is 23.9 Å². The molecule has 9 nitrogen and oxygen atoms in total. The molecule has 0 aromatic carbocycles. The molecule has 4 atom stereocenters. The number of carboxylic acids is 4. The first kappa shape index (κ1) is 12.9. The second-order valence-corrected chi connectivity index (χ2v) is 3.30. The minimum absolute atomic E-state index is 2.06. The molecular weight excluding hydrogens is 240 g/mol. The summed E-state index contributed by atoms with van der Waals surface area (Å²) >= 11 is 0. The average molecular weight is 244 g/mol. The van der Waals surface area contributed by atoms with Crippen LogP contribution >= 0.6 is 0 Å². The Morgan fingerprint density at radius 1 is 0.647 bits per heavy atom. The lowest BCUT2D eigenvalue weighted by Gasteiger charge is -2.26. The van der Waals surface area contributed by atoms with Crippen LogP contribution in [-0.4, -0.2) is 36.1 Å². The van der Waals surface area contributed by atoms with Crippen molar-refractivity contribution < 1.29 is 44.3 Å². The third-order valence-electron chi connectivity index (χ3n) is 2.34. The first-order valence-electron chi connectivity index (χ1n) is 4.26. The van der Waals surface area contributed by atoms with Gasteiger partial charge in [0.15, 0.2) is 0 Å². The van der Waals surface area contributed by atoms with Gasteiger partial charge in [0.1, 0.15) is 12.2 Å². The van der Waals surface area contributed by atoms with Crippen molar-refractivity contribution in [3.8, 4) is 0 Å². The van der Waals surface area contributed by atoms with Crippen molar-refractivity contribution in [3.05, 3.63) is 0 Å². The molecule has 17 heavy (non-hydrogen) atoms. The smallest absolute Gasteiger partial charge is 0.106 e. The highest BCUT2D eigenvalue weighted by molar-refractivity contribution is 5.90. The number of rotatable bonds is 4.